The lowest BCUT2D eigenvalue weighted by Gasteiger charge is -2.16. The lowest BCUT2D eigenvalue weighted by atomic mass is 10.0. The zero-order valence-corrected chi connectivity index (χ0v) is 67.4. The molecular formula is C92H113BN17S2-. The SMILES string of the molecule is CCCCCCCCc1ccc(Nc2cc(C)c(C#N)c(Nc3ccc(CCCCCCCC)cc3)n2)cc1.CCCCCCCCc1ccc(Nc2nc(Nc3ccc(CCCCCCCC)cc3)c(N=Nc3sc(N=Nc4ccccc4)cc3C#N)c(C)c2C#N)cc1.N#Cc1cc(N=Nc2ccccc2)sc1N.[BH4-]. The van der Waals surface area contributed by atoms with Gasteiger partial charge >= 0.3 is 0 Å². The fourth-order valence-electron chi connectivity index (χ4n) is 12.5. The number of hydrogen-bond acceptors (Lipinski definition) is 19. The smallest absolute Gasteiger partial charge is 0.161 e. The number of pyridine rings is 2. The number of unbranched alkanes of at least 4 members (excludes halogenated alkanes) is 20. The van der Waals surface area contributed by atoms with Crippen LogP contribution in [0.1, 0.15) is 237 Å². The summed E-state index contributed by atoms with van der Waals surface area (Å²) in [7, 11) is 0. The molecule has 4 heterocycles. The molecule has 0 aliphatic heterocycles. The van der Waals surface area contributed by atoms with Gasteiger partial charge < -0.3 is 27.0 Å². The first kappa shape index (κ1) is 88.1. The number of nitrogen functional groups attached to an aromatic ring is 1. The van der Waals surface area contributed by atoms with Gasteiger partial charge in [-0.1, -0.05) is 272 Å². The van der Waals surface area contributed by atoms with Crippen LogP contribution in [0.2, 0.25) is 0 Å². The number of rotatable bonds is 42. The van der Waals surface area contributed by atoms with Crippen molar-refractivity contribution >= 4 is 114 Å². The Morgan fingerprint density at radius 2 is 0.714 bits per heavy atom. The summed E-state index contributed by atoms with van der Waals surface area (Å²) < 4.78 is 0. The Morgan fingerprint density at radius 1 is 0.357 bits per heavy atom. The second-order valence-electron chi connectivity index (χ2n) is 27.9. The largest absolute Gasteiger partial charge is 0.389 e. The minimum Gasteiger partial charge on any atom is -0.389 e. The fourth-order valence-corrected chi connectivity index (χ4v) is 14.0. The number of benzene rings is 6. The lowest BCUT2D eigenvalue weighted by Crippen LogP contribution is -2.04. The van der Waals surface area contributed by atoms with Gasteiger partial charge in [0.25, 0.3) is 0 Å². The molecule has 4 aromatic heterocycles. The highest BCUT2D eigenvalue weighted by atomic mass is 32.1. The molecule has 20 heteroatoms. The molecule has 17 nitrogen and oxygen atoms in total. The van der Waals surface area contributed by atoms with E-state index in [9.17, 15) is 15.8 Å². The summed E-state index contributed by atoms with van der Waals surface area (Å²) in [4.78, 5) is 9.70. The van der Waals surface area contributed by atoms with Crippen LogP contribution in [0.3, 0.4) is 0 Å². The molecule has 0 bridgehead atoms. The second kappa shape index (κ2) is 50.6. The minimum absolute atomic E-state index is 0. The number of nitrogens with one attached hydrogen (secondary N) is 4. The summed E-state index contributed by atoms with van der Waals surface area (Å²) >= 11 is 2.47. The Balaban J connectivity index is 0.000000267. The standard InChI is InChI=1S/C46H53N9S.C35H48N4.C11H8N4S.BH4/c1-4-6-8-10-12-15-19-35-23-27-38(28-24-35)49-44-41(33-48)34(3)43(45(51-44)50-39-29-25-36(26-30-39)20-16-13-11-9-7-5-2)54-55-46-37(32-47)31-42(56-46)53-52-40-21-17-14-18-22-40;1-4-6-8-10-12-14-16-29-18-22-31(23-19-29)37-34-26-28(3)33(27-36)35(39-34)38-32-24-20-30(21-25-32)17-15-13-11-9-7-5-2;12-7-8-6-10(16-11(8)13)15-14-9-4-2-1-3-5-9;/h14,17-18,21-31H,4-13,15-16,19-20H2,1-3H3,(H2,49,50,51);18-26H,4-17H2,1-3H3,(H2,37,38,39);1-6H,13H2;1H4/q;;;-1. The van der Waals surface area contributed by atoms with E-state index in [0.717, 1.165) is 65.5 Å². The molecule has 10 aromatic rings. The summed E-state index contributed by atoms with van der Waals surface area (Å²) in [6, 6.07) is 66.8. The van der Waals surface area contributed by atoms with E-state index >= 15 is 0 Å². The second-order valence-corrected chi connectivity index (χ2v) is 30.0. The molecule has 6 N–H and O–H groups in total. The van der Waals surface area contributed by atoms with Crippen LogP contribution >= 0.6 is 22.7 Å². The molecule has 0 saturated carbocycles. The van der Waals surface area contributed by atoms with Crippen molar-refractivity contribution in [2.45, 2.75) is 221 Å². The molecule has 0 atom stereocenters. The highest BCUT2D eigenvalue weighted by Crippen LogP contribution is 2.42. The molecule has 0 fully saturated rings. The lowest BCUT2D eigenvalue weighted by molar-refractivity contribution is 0.607. The summed E-state index contributed by atoms with van der Waals surface area (Å²) in [5.41, 5.74) is 19.7. The molecule has 0 saturated heterocycles. The van der Waals surface area contributed by atoms with E-state index < -0.39 is 0 Å². The van der Waals surface area contributed by atoms with Gasteiger partial charge in [-0.05, 0) is 184 Å². The van der Waals surface area contributed by atoms with Crippen molar-refractivity contribution in [1.82, 2.24) is 9.97 Å². The normalized spacial score (nSPS) is 10.9. The Bertz CT molecular complexity index is 4680. The third-order valence-corrected chi connectivity index (χ3v) is 20.7. The van der Waals surface area contributed by atoms with Crippen LogP contribution in [0.25, 0.3) is 0 Å². The molecule has 112 heavy (non-hydrogen) atoms. The number of nitrogens with zero attached hydrogens (tertiary/aromatic N) is 12. The minimum atomic E-state index is 0. The van der Waals surface area contributed by atoms with Crippen LogP contribution in [-0.4, -0.2) is 18.4 Å². The summed E-state index contributed by atoms with van der Waals surface area (Å²) in [5.74, 6) is 2.18. The van der Waals surface area contributed by atoms with Gasteiger partial charge in [0.05, 0.1) is 33.6 Å². The van der Waals surface area contributed by atoms with Crippen molar-refractivity contribution in [2.24, 2.45) is 30.7 Å². The maximum atomic E-state index is 10.4. The van der Waals surface area contributed by atoms with E-state index in [1.165, 1.54) is 199 Å². The number of nitrogens with two attached hydrogens (primary N) is 1. The first-order chi connectivity index (χ1) is 54.4. The van der Waals surface area contributed by atoms with Crippen molar-refractivity contribution in [1.29, 1.82) is 21.0 Å². The van der Waals surface area contributed by atoms with Gasteiger partial charge in [0.2, 0.25) is 0 Å². The zero-order chi connectivity index (χ0) is 78.5. The van der Waals surface area contributed by atoms with E-state index in [1.54, 1.807) is 12.1 Å². The number of aromatic nitrogens is 2. The van der Waals surface area contributed by atoms with Gasteiger partial charge in [0.15, 0.2) is 22.5 Å². The van der Waals surface area contributed by atoms with Crippen LogP contribution in [0, 0.1) is 59.2 Å². The van der Waals surface area contributed by atoms with E-state index in [0.29, 0.717) is 76.6 Å². The summed E-state index contributed by atoms with van der Waals surface area (Å²) in [6.45, 7) is 12.8. The molecular weight excluding hydrogens is 1420 g/mol. The first-order valence-electron chi connectivity index (χ1n) is 39.9. The van der Waals surface area contributed by atoms with Crippen molar-refractivity contribution in [3.8, 4) is 24.3 Å². The third kappa shape index (κ3) is 30.6. The Kier molecular flexibility index (Phi) is 39.8. The molecule has 6 aromatic carbocycles. The molecule has 0 radical (unpaired) electrons. The molecule has 0 spiro atoms. The number of anilines is 9. The monoisotopic (exact) mass is 1530 g/mol. The van der Waals surface area contributed by atoms with Crippen molar-refractivity contribution in [2.75, 3.05) is 27.0 Å². The molecule has 0 amide bonds. The maximum absolute atomic E-state index is 10.4. The summed E-state index contributed by atoms with van der Waals surface area (Å²) in [5, 5.41) is 80.3. The average molecular weight is 1530 g/mol. The van der Waals surface area contributed by atoms with Gasteiger partial charge in [0, 0.05) is 28.3 Å². The molecule has 582 valence electrons. The topological polar surface area (TPSA) is 269 Å². The highest BCUT2D eigenvalue weighted by Gasteiger charge is 2.20. The van der Waals surface area contributed by atoms with Gasteiger partial charge in [-0.3, -0.25) is 0 Å². The number of aryl methyl sites for hydroxylation is 5. The Labute approximate surface area is 675 Å². The number of hydrogen-bond donors (Lipinski definition) is 5. The zero-order valence-electron chi connectivity index (χ0n) is 65.8. The van der Waals surface area contributed by atoms with E-state index in [-0.39, 0.29) is 8.41 Å². The van der Waals surface area contributed by atoms with Crippen LogP contribution in [-0.2, 0) is 25.7 Å². The van der Waals surface area contributed by atoms with Gasteiger partial charge in [-0.15, -0.1) is 30.7 Å². The molecule has 0 aliphatic rings. The van der Waals surface area contributed by atoms with E-state index in [2.05, 4.69) is 183 Å². The Hall–Kier alpha value is -11.2. The van der Waals surface area contributed by atoms with E-state index in [1.807, 2.05) is 98.8 Å². The number of thiophene rings is 2. The van der Waals surface area contributed by atoms with Crippen molar-refractivity contribution in [3.63, 3.8) is 0 Å². The quantitative estimate of drug-likeness (QED) is 0.0136. The third-order valence-electron chi connectivity index (χ3n) is 19.0. The molecule has 0 aliphatic carbocycles. The van der Waals surface area contributed by atoms with Crippen LogP contribution in [0.4, 0.5) is 83.1 Å². The van der Waals surface area contributed by atoms with Gasteiger partial charge in [-0.2, -0.15) is 21.0 Å². The predicted octanol–water partition coefficient (Wildman–Crippen LogP) is 28.0. The van der Waals surface area contributed by atoms with Crippen LogP contribution in [0.5, 0.6) is 0 Å². The highest BCUT2D eigenvalue weighted by molar-refractivity contribution is 7.20. The summed E-state index contributed by atoms with van der Waals surface area (Å²) in [6.07, 6.45) is 35.3. The van der Waals surface area contributed by atoms with Gasteiger partial charge in [-0.25, -0.2) is 9.97 Å². The predicted molar refractivity (Wildman–Crippen MR) is 474 cm³/mol. The Morgan fingerprint density at radius 3 is 1.10 bits per heavy atom. The molecule has 0 unspecified atom stereocenters. The molecule has 10 rings (SSSR count). The van der Waals surface area contributed by atoms with Crippen LogP contribution < -0.4 is 27.0 Å². The van der Waals surface area contributed by atoms with E-state index in [4.69, 9.17) is 21.0 Å². The van der Waals surface area contributed by atoms with Crippen LogP contribution in [0.15, 0.2) is 207 Å². The van der Waals surface area contributed by atoms with Crippen molar-refractivity contribution in [3.05, 3.63) is 232 Å². The average Bonchev–Trinajstić information content (AvgIpc) is 0.853. The van der Waals surface area contributed by atoms with Gasteiger partial charge in [0.1, 0.15) is 50.8 Å². The maximum Gasteiger partial charge on any atom is 0.161 e. The number of azo groups is 3. The number of nitriles is 4. The van der Waals surface area contributed by atoms with Crippen molar-refractivity contribution < 1.29 is 0 Å². The first-order valence-corrected chi connectivity index (χ1v) is 41.6. The fraction of sp³-hybridized carbons (Fsp3) is 0.370.